The molecule has 60 valence electrons. The van der Waals surface area contributed by atoms with Gasteiger partial charge in [0, 0.05) is 0 Å². The minimum atomic E-state index is 1.14. The van der Waals surface area contributed by atoms with Crippen LogP contribution in [0.4, 0.5) is 0 Å². The average molecular weight is 148 g/mol. The molecule has 0 N–H and O–H groups in total. The molecule has 0 heteroatoms. The molecule has 0 fully saturated rings. The van der Waals surface area contributed by atoms with Gasteiger partial charge in [0.15, 0.2) is 0 Å². The van der Waals surface area contributed by atoms with E-state index in [1.165, 1.54) is 24.0 Å². The van der Waals surface area contributed by atoms with Crippen LogP contribution in [0.1, 0.15) is 33.1 Å². The SMILES string of the molecule is CCC=C(C)C1=CCCC=C1. The first-order chi connectivity index (χ1) is 5.34. The first-order valence-corrected chi connectivity index (χ1v) is 4.38. The van der Waals surface area contributed by atoms with Gasteiger partial charge in [-0.3, -0.25) is 0 Å². The third-order valence-corrected chi connectivity index (χ3v) is 1.96. The molecule has 0 aromatic carbocycles. The lowest BCUT2D eigenvalue weighted by Crippen LogP contribution is -1.86. The molecule has 11 heavy (non-hydrogen) atoms. The Morgan fingerprint density at radius 2 is 2.36 bits per heavy atom. The summed E-state index contributed by atoms with van der Waals surface area (Å²) in [6.45, 7) is 4.36. The van der Waals surface area contributed by atoms with Crippen molar-refractivity contribution in [3.05, 3.63) is 35.5 Å². The number of allylic oxidation sites excluding steroid dienone is 6. The Kier molecular flexibility index (Phi) is 3.15. The van der Waals surface area contributed by atoms with Crippen molar-refractivity contribution in [3.8, 4) is 0 Å². The van der Waals surface area contributed by atoms with E-state index in [0.29, 0.717) is 0 Å². The molecule has 0 amide bonds. The quantitative estimate of drug-likeness (QED) is 0.561. The van der Waals surface area contributed by atoms with Crippen molar-refractivity contribution in [1.82, 2.24) is 0 Å². The zero-order valence-electron chi connectivity index (χ0n) is 7.43. The standard InChI is InChI=1S/C11H16/c1-3-7-10(2)11-8-5-4-6-9-11/h5,7-9H,3-4,6H2,1-2H3. The lowest BCUT2D eigenvalue weighted by molar-refractivity contribution is 1.02. The van der Waals surface area contributed by atoms with Gasteiger partial charge in [-0.2, -0.15) is 0 Å². The summed E-state index contributed by atoms with van der Waals surface area (Å²) in [5.41, 5.74) is 2.83. The highest BCUT2D eigenvalue weighted by atomic mass is 14.0. The second-order valence-electron chi connectivity index (χ2n) is 2.93. The summed E-state index contributed by atoms with van der Waals surface area (Å²) in [5, 5.41) is 0. The Balaban J connectivity index is 2.66. The van der Waals surface area contributed by atoms with E-state index in [2.05, 4.69) is 38.2 Å². The molecule has 0 saturated carbocycles. The van der Waals surface area contributed by atoms with Gasteiger partial charge in [-0.15, -0.1) is 0 Å². The number of rotatable bonds is 2. The Bertz CT molecular complexity index is 204. The van der Waals surface area contributed by atoms with E-state index < -0.39 is 0 Å². The van der Waals surface area contributed by atoms with Gasteiger partial charge in [-0.1, -0.05) is 31.2 Å². The Morgan fingerprint density at radius 3 is 2.91 bits per heavy atom. The predicted octanol–water partition coefficient (Wildman–Crippen LogP) is 3.62. The van der Waals surface area contributed by atoms with Crippen molar-refractivity contribution >= 4 is 0 Å². The van der Waals surface area contributed by atoms with Crippen LogP contribution in [0.2, 0.25) is 0 Å². The minimum absolute atomic E-state index is 1.14. The molecule has 0 radical (unpaired) electrons. The third kappa shape index (κ3) is 2.38. The predicted molar refractivity (Wildman–Crippen MR) is 50.5 cm³/mol. The molecular weight excluding hydrogens is 132 g/mol. The molecule has 1 rings (SSSR count). The first-order valence-electron chi connectivity index (χ1n) is 4.38. The van der Waals surface area contributed by atoms with Gasteiger partial charge < -0.3 is 0 Å². The molecule has 0 atom stereocenters. The molecule has 1 aliphatic rings. The third-order valence-electron chi connectivity index (χ3n) is 1.96. The maximum Gasteiger partial charge on any atom is -0.0274 e. The molecule has 0 aliphatic heterocycles. The Labute approximate surface area is 69.3 Å². The first kappa shape index (κ1) is 8.32. The fraction of sp³-hybridized carbons (Fsp3) is 0.455. The van der Waals surface area contributed by atoms with Crippen molar-refractivity contribution in [2.45, 2.75) is 33.1 Å². The normalized spacial score (nSPS) is 18.4. The molecule has 0 spiro atoms. The highest BCUT2D eigenvalue weighted by molar-refractivity contribution is 5.39. The lowest BCUT2D eigenvalue weighted by atomic mass is 10.0. The molecule has 0 saturated heterocycles. The smallest absolute Gasteiger partial charge is 0.0274 e. The molecule has 0 heterocycles. The van der Waals surface area contributed by atoms with E-state index in [1.807, 2.05) is 0 Å². The van der Waals surface area contributed by atoms with Crippen LogP contribution in [-0.2, 0) is 0 Å². The summed E-state index contributed by atoms with van der Waals surface area (Å²) in [6, 6.07) is 0. The molecular formula is C11H16. The average Bonchev–Trinajstić information content (AvgIpc) is 2.07. The second kappa shape index (κ2) is 4.17. The largest absolute Gasteiger partial charge is 0.0836 e. The fourth-order valence-corrected chi connectivity index (χ4v) is 1.33. The van der Waals surface area contributed by atoms with E-state index in [9.17, 15) is 0 Å². The van der Waals surface area contributed by atoms with Gasteiger partial charge in [0.1, 0.15) is 0 Å². The summed E-state index contributed by atoms with van der Waals surface area (Å²) >= 11 is 0. The van der Waals surface area contributed by atoms with Gasteiger partial charge in [0.25, 0.3) is 0 Å². The fourth-order valence-electron chi connectivity index (χ4n) is 1.33. The van der Waals surface area contributed by atoms with Crippen LogP contribution < -0.4 is 0 Å². The van der Waals surface area contributed by atoms with Crippen LogP contribution in [0.25, 0.3) is 0 Å². The van der Waals surface area contributed by atoms with Crippen LogP contribution in [0.15, 0.2) is 35.5 Å². The maximum absolute atomic E-state index is 2.32. The van der Waals surface area contributed by atoms with Gasteiger partial charge in [-0.25, -0.2) is 0 Å². The zero-order chi connectivity index (χ0) is 8.10. The van der Waals surface area contributed by atoms with Crippen LogP contribution in [0.5, 0.6) is 0 Å². The summed E-state index contributed by atoms with van der Waals surface area (Å²) in [4.78, 5) is 0. The monoisotopic (exact) mass is 148 g/mol. The topological polar surface area (TPSA) is 0 Å². The Hall–Kier alpha value is -0.780. The van der Waals surface area contributed by atoms with Gasteiger partial charge in [-0.05, 0) is 37.3 Å². The number of hydrogen-bond donors (Lipinski definition) is 0. The van der Waals surface area contributed by atoms with Crippen molar-refractivity contribution in [3.63, 3.8) is 0 Å². The van der Waals surface area contributed by atoms with E-state index in [1.54, 1.807) is 0 Å². The van der Waals surface area contributed by atoms with Crippen LogP contribution in [-0.4, -0.2) is 0 Å². The van der Waals surface area contributed by atoms with E-state index in [4.69, 9.17) is 0 Å². The van der Waals surface area contributed by atoms with E-state index in [-0.39, 0.29) is 0 Å². The zero-order valence-corrected chi connectivity index (χ0v) is 7.43. The molecule has 0 bridgehead atoms. The van der Waals surface area contributed by atoms with E-state index >= 15 is 0 Å². The van der Waals surface area contributed by atoms with Crippen molar-refractivity contribution in [1.29, 1.82) is 0 Å². The van der Waals surface area contributed by atoms with Crippen molar-refractivity contribution in [2.75, 3.05) is 0 Å². The highest BCUT2D eigenvalue weighted by Gasteiger charge is 1.97. The van der Waals surface area contributed by atoms with Gasteiger partial charge in [0.2, 0.25) is 0 Å². The van der Waals surface area contributed by atoms with Gasteiger partial charge >= 0.3 is 0 Å². The molecule has 0 nitrogen and oxygen atoms in total. The van der Waals surface area contributed by atoms with Crippen LogP contribution >= 0.6 is 0 Å². The van der Waals surface area contributed by atoms with Crippen molar-refractivity contribution in [2.24, 2.45) is 0 Å². The summed E-state index contributed by atoms with van der Waals surface area (Å²) in [6.07, 6.45) is 12.6. The van der Waals surface area contributed by atoms with Crippen LogP contribution in [0, 0.1) is 0 Å². The maximum atomic E-state index is 2.32. The Morgan fingerprint density at radius 1 is 1.55 bits per heavy atom. The molecule has 0 aromatic heterocycles. The molecule has 0 aromatic rings. The summed E-state index contributed by atoms with van der Waals surface area (Å²) in [7, 11) is 0. The lowest BCUT2D eigenvalue weighted by Gasteiger charge is -2.06. The number of hydrogen-bond acceptors (Lipinski definition) is 0. The summed E-state index contributed by atoms with van der Waals surface area (Å²) < 4.78 is 0. The highest BCUT2D eigenvalue weighted by Crippen LogP contribution is 2.17. The van der Waals surface area contributed by atoms with E-state index in [0.717, 1.165) is 6.42 Å². The second-order valence-corrected chi connectivity index (χ2v) is 2.93. The minimum Gasteiger partial charge on any atom is -0.0836 e. The molecule has 1 aliphatic carbocycles. The summed E-state index contributed by atoms with van der Waals surface area (Å²) in [5.74, 6) is 0. The van der Waals surface area contributed by atoms with Crippen LogP contribution in [0.3, 0.4) is 0 Å². The molecule has 0 unspecified atom stereocenters. The van der Waals surface area contributed by atoms with Gasteiger partial charge in [0.05, 0.1) is 0 Å². The van der Waals surface area contributed by atoms with Crippen molar-refractivity contribution < 1.29 is 0 Å².